The fraction of sp³-hybridized carbons (Fsp3) is 0.176. The van der Waals surface area contributed by atoms with Gasteiger partial charge in [0.05, 0.1) is 0 Å². The summed E-state index contributed by atoms with van der Waals surface area (Å²) in [6, 6.07) is 10.2. The van der Waals surface area contributed by atoms with Gasteiger partial charge in [-0.1, -0.05) is 0 Å². The minimum absolute atomic E-state index is 0.369. The molecule has 2 unspecified atom stereocenters. The molecule has 1 heterocycles. The first kappa shape index (κ1) is 16.7. The summed E-state index contributed by atoms with van der Waals surface area (Å²) >= 11 is 0. The normalized spacial score (nSPS) is 19.5. The molecule has 0 aliphatic carbocycles. The van der Waals surface area contributed by atoms with Gasteiger partial charge >= 0.3 is 12.0 Å². The van der Waals surface area contributed by atoms with E-state index in [0.29, 0.717) is 11.4 Å². The van der Waals surface area contributed by atoms with Gasteiger partial charge in [0.1, 0.15) is 11.6 Å². The molecule has 2 aromatic carbocycles. The summed E-state index contributed by atoms with van der Waals surface area (Å²) < 4.78 is 31.4. The van der Waals surface area contributed by atoms with E-state index in [2.05, 4.69) is 10.6 Å². The van der Waals surface area contributed by atoms with Gasteiger partial charge in [-0.15, -0.1) is 0 Å². The van der Waals surface area contributed by atoms with E-state index in [1.165, 1.54) is 60.4 Å². The second kappa shape index (κ2) is 6.76. The fourth-order valence-electron chi connectivity index (χ4n) is 2.53. The molecule has 2 N–H and O–H groups in total. The topological polar surface area (TPSA) is 70.7 Å². The van der Waals surface area contributed by atoms with Crippen molar-refractivity contribution < 1.29 is 23.1 Å². The molecule has 8 heteroatoms. The van der Waals surface area contributed by atoms with Gasteiger partial charge in [0.25, 0.3) is 0 Å². The van der Waals surface area contributed by atoms with Gasteiger partial charge in [-0.25, -0.2) is 13.6 Å². The van der Waals surface area contributed by atoms with Crippen LogP contribution < -0.4 is 15.5 Å². The maximum Gasteiger partial charge on any atom is 0.326 e. The Bertz CT molecular complexity index is 781. The first-order chi connectivity index (χ1) is 11.9. The minimum atomic E-state index is -1.000. The van der Waals surface area contributed by atoms with Gasteiger partial charge < -0.3 is 15.4 Å². The van der Waals surface area contributed by atoms with Crippen LogP contribution >= 0.6 is 0 Å². The summed E-state index contributed by atoms with van der Waals surface area (Å²) in [4.78, 5) is 25.0. The van der Waals surface area contributed by atoms with Crippen molar-refractivity contribution in [3.63, 3.8) is 0 Å². The Labute approximate surface area is 142 Å². The number of esters is 1. The third kappa shape index (κ3) is 3.68. The van der Waals surface area contributed by atoms with Crippen LogP contribution in [0.2, 0.25) is 0 Å². The van der Waals surface area contributed by atoms with E-state index in [1.54, 1.807) is 0 Å². The van der Waals surface area contributed by atoms with Crippen LogP contribution in [0.25, 0.3) is 0 Å². The summed E-state index contributed by atoms with van der Waals surface area (Å²) in [6.45, 7) is 1.22. The molecule has 2 aromatic rings. The summed E-state index contributed by atoms with van der Waals surface area (Å²) in [7, 11) is 0. The molecule has 0 bridgehead atoms. The number of ether oxygens (including phenoxy) is 1. The van der Waals surface area contributed by atoms with Crippen LogP contribution in [-0.4, -0.2) is 24.4 Å². The summed E-state index contributed by atoms with van der Waals surface area (Å²) in [5.74, 6) is -1.43. The molecule has 3 rings (SSSR count). The highest BCUT2D eigenvalue weighted by Gasteiger charge is 2.42. The summed E-state index contributed by atoms with van der Waals surface area (Å²) in [6.07, 6.45) is -1.77. The second-order valence-electron chi connectivity index (χ2n) is 5.42. The van der Waals surface area contributed by atoms with E-state index in [1.807, 2.05) is 0 Å². The molecule has 0 radical (unpaired) electrons. The van der Waals surface area contributed by atoms with Crippen molar-refractivity contribution in [3.05, 3.63) is 60.2 Å². The van der Waals surface area contributed by atoms with Crippen molar-refractivity contribution in [2.45, 2.75) is 19.3 Å². The lowest BCUT2D eigenvalue weighted by atomic mass is 10.2. The number of nitrogens with zero attached hydrogens (tertiary/aromatic N) is 1. The monoisotopic (exact) mass is 347 g/mol. The van der Waals surface area contributed by atoms with E-state index in [0.717, 1.165) is 0 Å². The van der Waals surface area contributed by atoms with E-state index in [4.69, 9.17) is 4.74 Å². The number of nitrogens with one attached hydrogen (secondary N) is 2. The maximum absolute atomic E-state index is 13.1. The van der Waals surface area contributed by atoms with Gasteiger partial charge in [0, 0.05) is 18.3 Å². The number of amides is 2. The third-order valence-electron chi connectivity index (χ3n) is 3.60. The molecule has 1 aliphatic rings. The van der Waals surface area contributed by atoms with E-state index in [9.17, 15) is 18.4 Å². The molecule has 0 saturated carbocycles. The van der Waals surface area contributed by atoms with Crippen molar-refractivity contribution in [1.82, 2.24) is 5.32 Å². The van der Waals surface area contributed by atoms with Crippen LogP contribution in [-0.2, 0) is 9.53 Å². The van der Waals surface area contributed by atoms with Crippen molar-refractivity contribution in [3.8, 4) is 0 Å². The van der Waals surface area contributed by atoms with Crippen LogP contribution in [0.4, 0.5) is 25.0 Å². The molecule has 6 nitrogen and oxygen atoms in total. The predicted octanol–water partition coefficient (Wildman–Crippen LogP) is 2.82. The number of halogens is 2. The average Bonchev–Trinajstić information content (AvgIpc) is 2.85. The SMILES string of the molecule is CC(=O)OC1C(Nc2ccc(F)cc2)NC(=O)N1c1ccc(F)cc1. The Kier molecular flexibility index (Phi) is 4.51. The second-order valence-corrected chi connectivity index (χ2v) is 5.42. The smallest absolute Gasteiger partial charge is 0.326 e. The molecule has 0 spiro atoms. The molecule has 2 atom stereocenters. The molecule has 130 valence electrons. The molecule has 1 fully saturated rings. The van der Waals surface area contributed by atoms with Gasteiger partial charge in [-0.2, -0.15) is 0 Å². The number of hydrogen-bond donors (Lipinski definition) is 2. The molecular weight excluding hydrogens is 332 g/mol. The highest BCUT2D eigenvalue weighted by atomic mass is 19.1. The lowest BCUT2D eigenvalue weighted by Gasteiger charge is -2.26. The van der Waals surface area contributed by atoms with Gasteiger partial charge in [0.15, 0.2) is 6.17 Å². The van der Waals surface area contributed by atoms with Crippen LogP contribution in [0, 0.1) is 11.6 Å². The maximum atomic E-state index is 13.1. The molecule has 1 aliphatic heterocycles. The molecule has 25 heavy (non-hydrogen) atoms. The van der Waals surface area contributed by atoms with E-state index in [-0.39, 0.29) is 0 Å². The van der Waals surface area contributed by atoms with E-state index < -0.39 is 36.0 Å². The third-order valence-corrected chi connectivity index (χ3v) is 3.60. The number of carbonyl (C=O) groups excluding carboxylic acids is 2. The zero-order valence-corrected chi connectivity index (χ0v) is 13.2. The Morgan fingerprint density at radius 3 is 2.20 bits per heavy atom. The molecule has 2 amide bonds. The summed E-state index contributed by atoms with van der Waals surface area (Å²) in [5, 5.41) is 5.62. The van der Waals surface area contributed by atoms with Crippen molar-refractivity contribution in [2.24, 2.45) is 0 Å². The first-order valence-corrected chi connectivity index (χ1v) is 7.48. The quantitative estimate of drug-likeness (QED) is 0.835. The average molecular weight is 347 g/mol. The first-order valence-electron chi connectivity index (χ1n) is 7.48. The number of carbonyl (C=O) groups is 2. The Morgan fingerprint density at radius 2 is 1.64 bits per heavy atom. The van der Waals surface area contributed by atoms with Gasteiger partial charge in [-0.05, 0) is 48.5 Å². The lowest BCUT2D eigenvalue weighted by molar-refractivity contribution is -0.146. The number of rotatable bonds is 4. The van der Waals surface area contributed by atoms with Crippen molar-refractivity contribution in [1.29, 1.82) is 0 Å². The van der Waals surface area contributed by atoms with Crippen LogP contribution in [0.5, 0.6) is 0 Å². The summed E-state index contributed by atoms with van der Waals surface area (Å²) in [5.41, 5.74) is 0.901. The standard InChI is InChI=1S/C17H15F2N3O3/c1-10(23)25-16-15(20-13-6-2-11(18)3-7-13)21-17(24)22(16)14-8-4-12(19)5-9-14/h2-9,15-16,20H,1H3,(H,21,24). The molecule has 0 aromatic heterocycles. The van der Waals surface area contributed by atoms with Crippen LogP contribution in [0.15, 0.2) is 48.5 Å². The lowest BCUT2D eigenvalue weighted by Crippen LogP contribution is -2.44. The van der Waals surface area contributed by atoms with Crippen molar-refractivity contribution in [2.75, 3.05) is 10.2 Å². The number of benzene rings is 2. The molecule has 1 saturated heterocycles. The van der Waals surface area contributed by atoms with Gasteiger partial charge in [-0.3, -0.25) is 9.69 Å². The predicted molar refractivity (Wildman–Crippen MR) is 86.8 cm³/mol. The fourth-order valence-corrected chi connectivity index (χ4v) is 2.53. The Morgan fingerprint density at radius 1 is 1.08 bits per heavy atom. The number of anilines is 2. The number of urea groups is 1. The zero-order valence-electron chi connectivity index (χ0n) is 13.2. The molecular formula is C17H15F2N3O3. The van der Waals surface area contributed by atoms with E-state index >= 15 is 0 Å². The largest absolute Gasteiger partial charge is 0.437 e. The highest BCUT2D eigenvalue weighted by molar-refractivity contribution is 5.95. The van der Waals surface area contributed by atoms with Crippen LogP contribution in [0.1, 0.15) is 6.92 Å². The highest BCUT2D eigenvalue weighted by Crippen LogP contribution is 2.26. The Hall–Kier alpha value is -3.16. The van der Waals surface area contributed by atoms with Crippen molar-refractivity contribution >= 4 is 23.4 Å². The van der Waals surface area contributed by atoms with Gasteiger partial charge in [0.2, 0.25) is 6.23 Å². The van der Waals surface area contributed by atoms with Crippen LogP contribution in [0.3, 0.4) is 0 Å². The Balaban J connectivity index is 1.87. The zero-order chi connectivity index (χ0) is 18.0. The minimum Gasteiger partial charge on any atom is -0.437 e. The number of hydrogen-bond acceptors (Lipinski definition) is 4.